The summed E-state index contributed by atoms with van der Waals surface area (Å²) in [6.07, 6.45) is 5.90. The van der Waals surface area contributed by atoms with Crippen LogP contribution in [0.1, 0.15) is 41.5 Å². The number of halogens is 2. The molecule has 0 saturated heterocycles. The third-order valence-electron chi connectivity index (χ3n) is 3.92. The van der Waals surface area contributed by atoms with Gasteiger partial charge in [-0.2, -0.15) is 0 Å². The first-order valence-corrected chi connectivity index (χ1v) is 10.8. The van der Waals surface area contributed by atoms with Crippen LogP contribution in [0.15, 0.2) is 30.7 Å². The Morgan fingerprint density at radius 2 is 2.03 bits per heavy atom. The lowest BCUT2D eigenvalue weighted by Gasteiger charge is -2.11. The van der Waals surface area contributed by atoms with Gasteiger partial charge in [-0.25, -0.2) is 27.5 Å². The van der Waals surface area contributed by atoms with Crippen LogP contribution in [0.5, 0.6) is 5.75 Å². The molecule has 1 amide bonds. The lowest BCUT2D eigenvalue weighted by molar-refractivity contribution is 0.0977. The molecule has 0 fully saturated rings. The summed E-state index contributed by atoms with van der Waals surface area (Å²) >= 11 is 6.08. The van der Waals surface area contributed by atoms with Crippen molar-refractivity contribution in [2.75, 3.05) is 6.26 Å². The summed E-state index contributed by atoms with van der Waals surface area (Å²) in [6.45, 7) is 4.08. The van der Waals surface area contributed by atoms with E-state index in [9.17, 15) is 17.6 Å². The van der Waals surface area contributed by atoms with E-state index < -0.39 is 27.3 Å². The summed E-state index contributed by atoms with van der Waals surface area (Å²) < 4.78 is 45.7. The van der Waals surface area contributed by atoms with Gasteiger partial charge < -0.3 is 4.74 Å². The molecule has 11 heteroatoms. The third-order valence-corrected chi connectivity index (χ3v) is 4.77. The number of carbonyl (C=O) groups is 1. The minimum Gasteiger partial charge on any atom is -0.487 e. The molecular weight excluding hydrogens is 423 g/mol. The third kappa shape index (κ3) is 4.83. The summed E-state index contributed by atoms with van der Waals surface area (Å²) in [6, 6.07) is 1.95. The van der Waals surface area contributed by atoms with E-state index in [1.165, 1.54) is 0 Å². The molecule has 0 saturated carbocycles. The number of ether oxygens (including phenoxy) is 1. The Kier molecular flexibility index (Phi) is 5.76. The van der Waals surface area contributed by atoms with Crippen molar-refractivity contribution in [1.29, 1.82) is 0 Å². The highest BCUT2D eigenvalue weighted by Gasteiger charge is 2.19. The van der Waals surface area contributed by atoms with Gasteiger partial charge in [0.1, 0.15) is 24.0 Å². The molecule has 3 aromatic rings. The number of hydrogen-bond acceptors (Lipinski definition) is 6. The zero-order valence-corrected chi connectivity index (χ0v) is 17.4. The molecule has 0 aliphatic heterocycles. The zero-order valence-electron chi connectivity index (χ0n) is 15.8. The van der Waals surface area contributed by atoms with Gasteiger partial charge in [-0.05, 0) is 6.07 Å². The lowest BCUT2D eigenvalue weighted by Crippen LogP contribution is -2.30. The fourth-order valence-electron chi connectivity index (χ4n) is 2.64. The van der Waals surface area contributed by atoms with Crippen molar-refractivity contribution < 1.29 is 22.3 Å². The maximum absolute atomic E-state index is 14.3. The van der Waals surface area contributed by atoms with Gasteiger partial charge in [-0.1, -0.05) is 25.4 Å². The zero-order chi connectivity index (χ0) is 21.3. The molecule has 2 heterocycles. The number of amides is 1. The van der Waals surface area contributed by atoms with Gasteiger partial charge in [-0.15, -0.1) is 0 Å². The average Bonchev–Trinajstić information content (AvgIpc) is 3.04. The van der Waals surface area contributed by atoms with Crippen LogP contribution < -0.4 is 9.46 Å². The van der Waals surface area contributed by atoms with Crippen LogP contribution in [0, 0.1) is 5.82 Å². The minimum absolute atomic E-state index is 0.00915. The molecular formula is C18H18ClFN4O4S. The smallest absolute Gasteiger partial charge is 0.267 e. The van der Waals surface area contributed by atoms with Crippen LogP contribution in [0.4, 0.5) is 4.39 Å². The molecule has 0 aliphatic carbocycles. The Hall–Kier alpha value is -2.72. The van der Waals surface area contributed by atoms with E-state index in [4.69, 9.17) is 16.3 Å². The predicted molar refractivity (Wildman–Crippen MR) is 105 cm³/mol. The molecule has 29 heavy (non-hydrogen) atoms. The van der Waals surface area contributed by atoms with Gasteiger partial charge in [0, 0.05) is 29.9 Å². The van der Waals surface area contributed by atoms with Gasteiger partial charge in [0.25, 0.3) is 5.91 Å². The van der Waals surface area contributed by atoms with Crippen molar-refractivity contribution in [3.05, 3.63) is 58.5 Å². The van der Waals surface area contributed by atoms with Gasteiger partial charge >= 0.3 is 0 Å². The first-order chi connectivity index (χ1) is 13.5. The first kappa shape index (κ1) is 21.0. The van der Waals surface area contributed by atoms with Crippen LogP contribution in [-0.2, 0) is 16.6 Å². The SMILES string of the molecule is CC(C)c1ncc2ncc(COc3cc(F)c(C(=O)NS(C)(=O)=O)cc3Cl)cn12. The second-order valence-electron chi connectivity index (χ2n) is 6.72. The number of hydrogen-bond donors (Lipinski definition) is 1. The maximum Gasteiger partial charge on any atom is 0.267 e. The van der Waals surface area contributed by atoms with E-state index in [2.05, 4.69) is 9.97 Å². The summed E-state index contributed by atoms with van der Waals surface area (Å²) in [5.41, 5.74) is 0.895. The molecule has 0 spiro atoms. The Morgan fingerprint density at radius 3 is 2.69 bits per heavy atom. The van der Waals surface area contributed by atoms with Crippen molar-refractivity contribution in [3.8, 4) is 5.75 Å². The molecule has 0 bridgehead atoms. The van der Waals surface area contributed by atoms with E-state index in [0.717, 1.165) is 24.2 Å². The Labute approximate surface area is 171 Å². The molecule has 154 valence electrons. The van der Waals surface area contributed by atoms with Crippen molar-refractivity contribution in [2.24, 2.45) is 0 Å². The molecule has 1 aromatic carbocycles. The molecule has 0 radical (unpaired) electrons. The number of nitrogens with zero attached hydrogens (tertiary/aromatic N) is 3. The number of benzene rings is 1. The van der Waals surface area contributed by atoms with Gasteiger partial charge in [0.05, 0.1) is 23.0 Å². The molecule has 1 N–H and O–H groups in total. The topological polar surface area (TPSA) is 103 Å². The molecule has 2 aromatic heterocycles. The van der Waals surface area contributed by atoms with E-state index in [1.807, 2.05) is 24.4 Å². The Balaban J connectivity index is 1.80. The molecule has 8 nitrogen and oxygen atoms in total. The van der Waals surface area contributed by atoms with Crippen LogP contribution in [-0.4, -0.2) is 34.9 Å². The van der Waals surface area contributed by atoms with Crippen LogP contribution in [0.25, 0.3) is 5.65 Å². The Morgan fingerprint density at radius 1 is 1.31 bits per heavy atom. The second kappa shape index (κ2) is 7.96. The van der Waals surface area contributed by atoms with Crippen LogP contribution in [0.3, 0.4) is 0 Å². The van der Waals surface area contributed by atoms with Crippen molar-refractivity contribution in [2.45, 2.75) is 26.4 Å². The van der Waals surface area contributed by atoms with Crippen molar-refractivity contribution in [1.82, 2.24) is 19.1 Å². The average molecular weight is 441 g/mol. The summed E-state index contributed by atoms with van der Waals surface area (Å²) in [4.78, 5) is 20.5. The van der Waals surface area contributed by atoms with E-state index in [0.29, 0.717) is 11.2 Å². The first-order valence-electron chi connectivity index (χ1n) is 8.51. The highest BCUT2D eigenvalue weighted by atomic mass is 35.5. The number of rotatable bonds is 6. The Bertz CT molecular complexity index is 1190. The quantitative estimate of drug-likeness (QED) is 0.632. The van der Waals surface area contributed by atoms with E-state index in [-0.39, 0.29) is 23.3 Å². The van der Waals surface area contributed by atoms with Crippen LogP contribution in [0.2, 0.25) is 5.02 Å². The number of sulfonamides is 1. The monoisotopic (exact) mass is 440 g/mol. The summed E-state index contributed by atoms with van der Waals surface area (Å²) in [5.74, 6) is -1.02. The van der Waals surface area contributed by atoms with Crippen molar-refractivity contribution in [3.63, 3.8) is 0 Å². The largest absolute Gasteiger partial charge is 0.487 e. The summed E-state index contributed by atoms with van der Waals surface area (Å²) in [5, 5.41) is -0.0374. The van der Waals surface area contributed by atoms with Crippen LogP contribution >= 0.6 is 11.6 Å². The molecule has 0 unspecified atom stereocenters. The normalized spacial score (nSPS) is 11.8. The van der Waals surface area contributed by atoms with E-state index >= 15 is 0 Å². The fraction of sp³-hybridized carbons (Fsp3) is 0.278. The lowest BCUT2D eigenvalue weighted by atomic mass is 10.2. The number of aromatic nitrogens is 3. The predicted octanol–water partition coefficient (Wildman–Crippen LogP) is 2.91. The fourth-order valence-corrected chi connectivity index (χ4v) is 3.31. The van der Waals surface area contributed by atoms with Gasteiger partial charge in [-0.3, -0.25) is 9.20 Å². The molecule has 0 aliphatic rings. The number of fused-ring (bicyclic) bond motifs is 1. The van der Waals surface area contributed by atoms with Crippen molar-refractivity contribution >= 4 is 33.2 Å². The highest BCUT2D eigenvalue weighted by molar-refractivity contribution is 7.89. The van der Waals surface area contributed by atoms with Gasteiger partial charge in [0.2, 0.25) is 10.0 Å². The van der Waals surface area contributed by atoms with E-state index in [1.54, 1.807) is 17.1 Å². The molecule has 3 rings (SSSR count). The number of nitrogens with one attached hydrogen (secondary N) is 1. The van der Waals surface area contributed by atoms with Gasteiger partial charge in [0.15, 0.2) is 5.65 Å². The molecule has 0 atom stereocenters. The maximum atomic E-state index is 14.3. The standard InChI is InChI=1S/C18H18ClFN4O4S/c1-10(2)17-22-7-16-21-6-11(8-24(16)17)9-28-15-5-14(20)12(4-13(15)19)18(25)23-29(3,26)27/h4-8,10H,9H2,1-3H3,(H,23,25). The number of imidazole rings is 1. The number of carbonyl (C=O) groups excluding carboxylic acids is 1. The highest BCUT2D eigenvalue weighted by Crippen LogP contribution is 2.28. The second-order valence-corrected chi connectivity index (χ2v) is 8.87. The summed E-state index contributed by atoms with van der Waals surface area (Å²) in [7, 11) is -3.84. The minimum atomic E-state index is -3.84.